The molecule has 3 heterocycles. The molecular weight excluding hydrogens is 781 g/mol. The summed E-state index contributed by atoms with van der Waals surface area (Å²) >= 11 is 0. The van der Waals surface area contributed by atoms with E-state index in [2.05, 4.69) is 39.6 Å². The smallest absolute Gasteiger partial charge is 0.311 e. The first-order valence-electron chi connectivity index (χ1n) is 24.0. The molecule has 0 aliphatic carbocycles. The Morgan fingerprint density at radius 1 is 0.852 bits per heavy atom. The molecule has 3 aliphatic heterocycles. The van der Waals surface area contributed by atoms with E-state index in [9.17, 15) is 25.2 Å². The Morgan fingerprint density at radius 3 is 2.05 bits per heavy atom. The molecular formula is C48H92N2O11. The van der Waals surface area contributed by atoms with Crippen molar-refractivity contribution < 1.29 is 53.6 Å². The highest BCUT2D eigenvalue weighted by atomic mass is 16.7. The summed E-state index contributed by atoms with van der Waals surface area (Å²) in [4.78, 5) is 18.8. The number of likely N-dealkylation sites (N-methyl/N-ethyl adjacent to an activating group) is 2. The van der Waals surface area contributed by atoms with Crippen LogP contribution >= 0.6 is 0 Å². The maximum absolute atomic E-state index is 14.4. The van der Waals surface area contributed by atoms with Crippen molar-refractivity contribution >= 4 is 5.97 Å². The summed E-state index contributed by atoms with van der Waals surface area (Å²) in [6.07, 6.45) is 3.55. The Kier molecular flexibility index (Phi) is 21.4. The summed E-state index contributed by atoms with van der Waals surface area (Å²) in [5.41, 5.74) is -3.30. The van der Waals surface area contributed by atoms with Gasteiger partial charge < -0.3 is 58.6 Å². The SMILES string of the molecule is CCCCCCCCCCN(C)C1C[C@@H](C)O[C@@H](O[C@@H]2[C@@H](C)[C@H](O[C@H]3C[C@@](C)(OC)[C@@H](O)[C@H](C)O3)[C@@H](C)C(=O)O[C@H](CC)[C@@](C)(O)[C@H](O)[C@@H](C)N(C)C[C@H](C)CC2(C)C)[C@@H]1O. The molecule has 0 spiro atoms. The molecule has 0 radical (unpaired) electrons. The third-order valence-corrected chi connectivity index (χ3v) is 14.7. The maximum atomic E-state index is 14.4. The molecule has 1 unspecified atom stereocenters. The molecule has 360 valence electrons. The van der Waals surface area contributed by atoms with E-state index in [0.29, 0.717) is 19.4 Å². The second kappa shape index (κ2) is 24.0. The highest BCUT2D eigenvalue weighted by Gasteiger charge is 2.52. The van der Waals surface area contributed by atoms with Crippen LogP contribution in [-0.2, 0) is 33.2 Å². The van der Waals surface area contributed by atoms with Gasteiger partial charge in [0.25, 0.3) is 0 Å². The molecule has 13 nitrogen and oxygen atoms in total. The monoisotopic (exact) mass is 873 g/mol. The van der Waals surface area contributed by atoms with E-state index < -0.39 is 95.8 Å². The highest BCUT2D eigenvalue weighted by molar-refractivity contribution is 5.73. The van der Waals surface area contributed by atoms with Crippen LogP contribution in [0.5, 0.6) is 0 Å². The number of ether oxygens (including phenoxy) is 6. The molecule has 3 saturated heterocycles. The van der Waals surface area contributed by atoms with Gasteiger partial charge in [-0.3, -0.25) is 4.79 Å². The van der Waals surface area contributed by atoms with Gasteiger partial charge in [-0.2, -0.15) is 0 Å². The van der Waals surface area contributed by atoms with Crippen molar-refractivity contribution in [1.82, 2.24) is 9.80 Å². The minimum absolute atomic E-state index is 0.104. The van der Waals surface area contributed by atoms with E-state index in [0.717, 1.165) is 19.4 Å². The van der Waals surface area contributed by atoms with Crippen molar-refractivity contribution in [2.75, 3.05) is 34.3 Å². The number of esters is 1. The van der Waals surface area contributed by atoms with E-state index in [1.807, 2.05) is 46.6 Å². The van der Waals surface area contributed by atoms with Crippen LogP contribution in [0.25, 0.3) is 0 Å². The summed E-state index contributed by atoms with van der Waals surface area (Å²) < 4.78 is 38.8. The van der Waals surface area contributed by atoms with Crippen molar-refractivity contribution in [3.63, 3.8) is 0 Å². The van der Waals surface area contributed by atoms with Crippen LogP contribution in [-0.4, -0.2) is 155 Å². The van der Waals surface area contributed by atoms with Gasteiger partial charge in [0.1, 0.15) is 30.0 Å². The second-order valence-corrected chi connectivity index (χ2v) is 20.8. The number of nitrogens with zero attached hydrogens (tertiary/aromatic N) is 2. The van der Waals surface area contributed by atoms with E-state index in [-0.39, 0.29) is 30.9 Å². The number of hydrogen-bond acceptors (Lipinski definition) is 13. The fraction of sp³-hybridized carbons (Fsp3) is 0.979. The minimum atomic E-state index is -1.75. The molecule has 0 amide bonds. The van der Waals surface area contributed by atoms with Crippen molar-refractivity contribution in [2.24, 2.45) is 23.2 Å². The summed E-state index contributed by atoms with van der Waals surface area (Å²) in [7, 11) is 5.58. The number of methoxy groups -OCH3 is 1. The number of carbonyl (C=O) groups is 1. The normalized spacial score (nSPS) is 42.5. The zero-order valence-corrected chi connectivity index (χ0v) is 41.1. The Labute approximate surface area is 370 Å². The zero-order valence-electron chi connectivity index (χ0n) is 41.1. The van der Waals surface area contributed by atoms with Crippen molar-refractivity contribution in [3.05, 3.63) is 0 Å². The minimum Gasteiger partial charge on any atom is -0.459 e. The fourth-order valence-corrected chi connectivity index (χ4v) is 10.7. The number of carbonyl (C=O) groups excluding carboxylic acids is 1. The van der Waals surface area contributed by atoms with Crippen molar-refractivity contribution in [2.45, 2.75) is 245 Å². The average molecular weight is 873 g/mol. The van der Waals surface area contributed by atoms with Crippen LogP contribution in [0, 0.1) is 23.2 Å². The Morgan fingerprint density at radius 2 is 1.46 bits per heavy atom. The van der Waals surface area contributed by atoms with Crippen LogP contribution < -0.4 is 0 Å². The zero-order chi connectivity index (χ0) is 46.0. The van der Waals surface area contributed by atoms with Gasteiger partial charge in [-0.15, -0.1) is 0 Å². The van der Waals surface area contributed by atoms with E-state index in [4.69, 9.17) is 28.4 Å². The lowest BCUT2D eigenvalue weighted by Crippen LogP contribution is -2.59. The van der Waals surface area contributed by atoms with Crippen LogP contribution in [0.3, 0.4) is 0 Å². The molecule has 13 heteroatoms. The van der Waals surface area contributed by atoms with Gasteiger partial charge in [-0.25, -0.2) is 0 Å². The second-order valence-electron chi connectivity index (χ2n) is 20.8. The molecule has 0 aromatic rings. The van der Waals surface area contributed by atoms with Gasteiger partial charge in [-0.05, 0) is 99.2 Å². The standard InChI is InChI=1S/C48H92N2O11/c1-16-18-19-20-21-22-23-24-25-49(13)36-26-31(4)57-45(39(36)51)61-43-32(5)40(60-38-28-47(11,56-15)42(53)35(8)58-38)33(6)44(54)59-37(17-2)48(12,55)41(52)34(7)50(14)29-30(3)27-46(43,9)10/h30-43,45,51-53,55H,16-29H2,1-15H3/t30-,31-,32+,33-,34-,35+,36?,37-,38+,39-,40+,41-,42+,43-,45+,47-,48-/m1/s1. The molecule has 3 rings (SSSR count). The van der Waals surface area contributed by atoms with Crippen LogP contribution in [0.2, 0.25) is 0 Å². The van der Waals surface area contributed by atoms with Crippen LogP contribution in [0.1, 0.15) is 160 Å². The molecule has 0 saturated carbocycles. The van der Waals surface area contributed by atoms with Crippen molar-refractivity contribution in [3.8, 4) is 0 Å². The molecule has 0 aromatic heterocycles. The summed E-state index contributed by atoms with van der Waals surface area (Å²) in [6, 6.07) is -0.629. The largest absolute Gasteiger partial charge is 0.459 e. The number of unbranched alkanes of at least 4 members (excludes halogenated alkanes) is 7. The Balaban J connectivity index is 2.05. The average Bonchev–Trinajstić information content (AvgIpc) is 3.19. The van der Waals surface area contributed by atoms with Gasteiger partial charge in [0.2, 0.25) is 0 Å². The number of aliphatic hydroxyl groups is 4. The van der Waals surface area contributed by atoms with E-state index >= 15 is 0 Å². The lowest BCUT2D eigenvalue weighted by molar-refractivity contribution is -0.313. The highest BCUT2D eigenvalue weighted by Crippen LogP contribution is 2.43. The van der Waals surface area contributed by atoms with Crippen LogP contribution in [0.15, 0.2) is 0 Å². The molecule has 4 N–H and O–H groups in total. The summed E-state index contributed by atoms with van der Waals surface area (Å²) in [6.45, 7) is 24.8. The third-order valence-electron chi connectivity index (χ3n) is 14.7. The number of cyclic esters (lactones) is 1. The predicted molar refractivity (Wildman–Crippen MR) is 239 cm³/mol. The first-order valence-corrected chi connectivity index (χ1v) is 24.0. The lowest BCUT2D eigenvalue weighted by Gasteiger charge is -2.49. The number of hydrogen-bond donors (Lipinski definition) is 4. The van der Waals surface area contributed by atoms with E-state index in [1.165, 1.54) is 45.4 Å². The molecule has 0 aromatic carbocycles. The quantitative estimate of drug-likeness (QED) is 0.0962. The van der Waals surface area contributed by atoms with E-state index in [1.54, 1.807) is 21.0 Å². The maximum Gasteiger partial charge on any atom is 0.311 e. The van der Waals surface area contributed by atoms with Gasteiger partial charge in [0.15, 0.2) is 12.6 Å². The number of aliphatic hydroxyl groups excluding tert-OH is 3. The van der Waals surface area contributed by atoms with Crippen LogP contribution in [0.4, 0.5) is 0 Å². The lowest BCUT2D eigenvalue weighted by atomic mass is 9.71. The third kappa shape index (κ3) is 14.3. The van der Waals surface area contributed by atoms with Gasteiger partial charge in [0, 0.05) is 38.1 Å². The van der Waals surface area contributed by atoms with Crippen molar-refractivity contribution in [1.29, 1.82) is 0 Å². The molecule has 61 heavy (non-hydrogen) atoms. The first kappa shape index (κ1) is 54.4. The van der Waals surface area contributed by atoms with Gasteiger partial charge in [0.05, 0.1) is 35.9 Å². The van der Waals surface area contributed by atoms with Gasteiger partial charge in [-0.1, -0.05) is 86.5 Å². The topological polar surface area (TPSA) is 160 Å². The molecule has 0 bridgehead atoms. The summed E-state index contributed by atoms with van der Waals surface area (Å²) in [5, 5.41) is 46.7. The first-order chi connectivity index (χ1) is 28.4. The molecule has 3 fully saturated rings. The predicted octanol–water partition coefficient (Wildman–Crippen LogP) is 6.69. The Bertz CT molecular complexity index is 1290. The van der Waals surface area contributed by atoms with Gasteiger partial charge >= 0.3 is 5.97 Å². The molecule has 3 aliphatic rings. The Hall–Kier alpha value is -0.970. The number of rotatable bonds is 16. The fourth-order valence-electron chi connectivity index (χ4n) is 10.7. The molecule has 17 atom stereocenters. The summed E-state index contributed by atoms with van der Waals surface area (Å²) in [5.74, 6) is -1.89.